The molecule has 1 aromatic carbocycles. The van der Waals surface area contributed by atoms with Gasteiger partial charge >= 0.3 is 0 Å². The summed E-state index contributed by atoms with van der Waals surface area (Å²) in [5.41, 5.74) is 0.814. The van der Waals surface area contributed by atoms with Crippen molar-refractivity contribution in [1.82, 2.24) is 0 Å². The molecule has 0 bridgehead atoms. The molecule has 19 heavy (non-hydrogen) atoms. The topological polar surface area (TPSA) is 38.7 Å². The van der Waals surface area contributed by atoms with Crippen LogP contribution in [0.2, 0.25) is 0 Å². The molecule has 0 heterocycles. The molecule has 1 saturated carbocycles. The number of aliphatic hydroxyl groups excluding tert-OH is 1. The van der Waals surface area contributed by atoms with Crippen molar-refractivity contribution in [3.63, 3.8) is 0 Å². The summed E-state index contributed by atoms with van der Waals surface area (Å²) >= 11 is 3.49. The molecule has 0 aliphatic heterocycles. The van der Waals surface area contributed by atoms with E-state index in [9.17, 15) is 5.11 Å². The first-order valence-corrected chi connectivity index (χ1v) is 7.64. The lowest BCUT2D eigenvalue weighted by Gasteiger charge is -2.22. The van der Waals surface area contributed by atoms with Crippen LogP contribution in [0.1, 0.15) is 37.7 Å². The van der Waals surface area contributed by atoms with E-state index < -0.39 is 0 Å². The van der Waals surface area contributed by atoms with Crippen LogP contribution in [0.25, 0.3) is 0 Å². The third kappa shape index (κ3) is 3.86. The molecular formula is C15H21BrO3. The molecule has 4 heteroatoms. The minimum Gasteiger partial charge on any atom is -0.493 e. The molecule has 3 nitrogen and oxygen atoms in total. The van der Waals surface area contributed by atoms with Crippen molar-refractivity contribution in [1.29, 1.82) is 0 Å². The maximum Gasteiger partial charge on any atom is 0.175 e. The van der Waals surface area contributed by atoms with E-state index in [-0.39, 0.29) is 6.61 Å². The van der Waals surface area contributed by atoms with Crippen molar-refractivity contribution < 1.29 is 14.6 Å². The fourth-order valence-electron chi connectivity index (χ4n) is 2.56. The minimum atomic E-state index is -0.00212. The summed E-state index contributed by atoms with van der Waals surface area (Å²) in [4.78, 5) is 0. The lowest BCUT2D eigenvalue weighted by atomic mass is 9.90. The summed E-state index contributed by atoms with van der Waals surface area (Å²) in [6.07, 6.45) is 6.50. The largest absolute Gasteiger partial charge is 0.493 e. The number of hydrogen-bond acceptors (Lipinski definition) is 3. The highest BCUT2D eigenvalue weighted by Gasteiger charge is 2.17. The predicted octanol–water partition coefficient (Wildman–Crippen LogP) is 3.91. The third-order valence-corrected chi connectivity index (χ3v) is 4.25. The van der Waals surface area contributed by atoms with Crippen molar-refractivity contribution in [2.45, 2.75) is 38.7 Å². The molecule has 0 amide bonds. The van der Waals surface area contributed by atoms with E-state index in [1.807, 2.05) is 12.1 Å². The molecule has 0 aromatic heterocycles. The third-order valence-electron chi connectivity index (χ3n) is 3.66. The second kappa shape index (κ2) is 7.15. The second-order valence-corrected chi connectivity index (χ2v) is 5.94. The molecule has 1 aliphatic carbocycles. The number of halogens is 1. The van der Waals surface area contributed by atoms with Crippen molar-refractivity contribution in [2.24, 2.45) is 5.92 Å². The van der Waals surface area contributed by atoms with Gasteiger partial charge in [-0.3, -0.25) is 0 Å². The first-order valence-electron chi connectivity index (χ1n) is 6.84. The number of rotatable bonds is 5. The fraction of sp³-hybridized carbons (Fsp3) is 0.600. The van der Waals surface area contributed by atoms with Crippen LogP contribution in [0.3, 0.4) is 0 Å². The predicted molar refractivity (Wildman–Crippen MR) is 78.7 cm³/mol. The molecule has 1 N–H and O–H groups in total. The zero-order valence-electron chi connectivity index (χ0n) is 11.3. The molecule has 1 fully saturated rings. The highest BCUT2D eigenvalue weighted by Crippen LogP contribution is 2.37. The van der Waals surface area contributed by atoms with Gasteiger partial charge in [-0.15, -0.1) is 0 Å². The van der Waals surface area contributed by atoms with Gasteiger partial charge in [-0.1, -0.05) is 19.3 Å². The molecule has 0 saturated heterocycles. The van der Waals surface area contributed by atoms with Gasteiger partial charge in [0.05, 0.1) is 24.8 Å². The molecule has 0 atom stereocenters. The number of ether oxygens (including phenoxy) is 2. The number of methoxy groups -OCH3 is 1. The van der Waals surface area contributed by atoms with Crippen LogP contribution in [-0.2, 0) is 6.61 Å². The van der Waals surface area contributed by atoms with Gasteiger partial charge in [0.25, 0.3) is 0 Å². The SMILES string of the molecule is COc1cc(CO)cc(Br)c1OCC1CCCCC1. The fourth-order valence-corrected chi connectivity index (χ4v) is 3.16. The first-order chi connectivity index (χ1) is 9.24. The van der Waals surface area contributed by atoms with E-state index in [0.717, 1.165) is 22.4 Å². The van der Waals surface area contributed by atoms with Gasteiger partial charge in [-0.05, 0) is 52.4 Å². The van der Waals surface area contributed by atoms with Crippen LogP contribution in [0.5, 0.6) is 11.5 Å². The average Bonchev–Trinajstić information content (AvgIpc) is 2.46. The standard InChI is InChI=1S/C15H21BrO3/c1-18-14-8-12(9-17)7-13(16)15(14)19-10-11-5-3-2-4-6-11/h7-8,11,17H,2-6,9-10H2,1H3. The Hall–Kier alpha value is -0.740. The van der Waals surface area contributed by atoms with Crippen LogP contribution in [-0.4, -0.2) is 18.8 Å². The summed E-state index contributed by atoms with van der Waals surface area (Å²) < 4.78 is 12.1. The van der Waals surface area contributed by atoms with Gasteiger partial charge < -0.3 is 14.6 Å². The van der Waals surface area contributed by atoms with E-state index in [1.165, 1.54) is 32.1 Å². The summed E-state index contributed by atoms with van der Waals surface area (Å²) in [5.74, 6) is 2.07. The quantitative estimate of drug-likeness (QED) is 0.890. The summed E-state index contributed by atoms with van der Waals surface area (Å²) in [7, 11) is 1.62. The maximum absolute atomic E-state index is 9.19. The van der Waals surface area contributed by atoms with E-state index in [4.69, 9.17) is 9.47 Å². The Balaban J connectivity index is 2.05. The summed E-state index contributed by atoms with van der Waals surface area (Å²) in [6.45, 7) is 0.741. The first kappa shape index (κ1) is 14.7. The molecule has 2 rings (SSSR count). The van der Waals surface area contributed by atoms with E-state index >= 15 is 0 Å². The smallest absolute Gasteiger partial charge is 0.175 e. The van der Waals surface area contributed by atoms with E-state index in [0.29, 0.717) is 11.7 Å². The van der Waals surface area contributed by atoms with Crippen LogP contribution in [0.4, 0.5) is 0 Å². The number of aliphatic hydroxyl groups is 1. The Kier molecular flexibility index (Phi) is 5.52. The van der Waals surface area contributed by atoms with Gasteiger partial charge in [0, 0.05) is 0 Å². The van der Waals surface area contributed by atoms with Crippen LogP contribution in [0, 0.1) is 5.92 Å². The van der Waals surface area contributed by atoms with Crippen molar-refractivity contribution in [3.8, 4) is 11.5 Å². The van der Waals surface area contributed by atoms with E-state index in [1.54, 1.807) is 7.11 Å². The Bertz CT molecular complexity index is 414. The normalized spacial score (nSPS) is 16.4. The lowest BCUT2D eigenvalue weighted by molar-refractivity contribution is 0.201. The van der Waals surface area contributed by atoms with Gasteiger partial charge in [0.1, 0.15) is 0 Å². The van der Waals surface area contributed by atoms with Crippen LogP contribution >= 0.6 is 15.9 Å². The van der Waals surface area contributed by atoms with Crippen molar-refractivity contribution >= 4 is 15.9 Å². The Morgan fingerprint density at radius 1 is 1.26 bits per heavy atom. The van der Waals surface area contributed by atoms with Crippen molar-refractivity contribution in [3.05, 3.63) is 22.2 Å². The highest BCUT2D eigenvalue weighted by atomic mass is 79.9. The molecule has 1 aromatic rings. The number of hydrogen-bond donors (Lipinski definition) is 1. The van der Waals surface area contributed by atoms with Gasteiger partial charge in [0.2, 0.25) is 0 Å². The number of benzene rings is 1. The Labute approximate surface area is 123 Å². The summed E-state index contributed by atoms with van der Waals surface area (Å²) in [5, 5.41) is 9.19. The average molecular weight is 329 g/mol. The molecular weight excluding hydrogens is 308 g/mol. The van der Waals surface area contributed by atoms with Crippen LogP contribution < -0.4 is 9.47 Å². The van der Waals surface area contributed by atoms with Gasteiger partial charge in [0.15, 0.2) is 11.5 Å². The van der Waals surface area contributed by atoms with Crippen LogP contribution in [0.15, 0.2) is 16.6 Å². The van der Waals surface area contributed by atoms with Gasteiger partial charge in [-0.25, -0.2) is 0 Å². The lowest BCUT2D eigenvalue weighted by Crippen LogP contribution is -2.15. The zero-order chi connectivity index (χ0) is 13.7. The second-order valence-electron chi connectivity index (χ2n) is 5.08. The molecule has 0 radical (unpaired) electrons. The minimum absolute atomic E-state index is 0.00212. The zero-order valence-corrected chi connectivity index (χ0v) is 12.9. The summed E-state index contributed by atoms with van der Waals surface area (Å²) in [6, 6.07) is 3.69. The molecule has 106 valence electrons. The Morgan fingerprint density at radius 3 is 2.63 bits per heavy atom. The molecule has 0 spiro atoms. The van der Waals surface area contributed by atoms with E-state index in [2.05, 4.69) is 15.9 Å². The maximum atomic E-state index is 9.19. The highest BCUT2D eigenvalue weighted by molar-refractivity contribution is 9.10. The van der Waals surface area contributed by atoms with Gasteiger partial charge in [-0.2, -0.15) is 0 Å². The molecule has 1 aliphatic rings. The molecule has 0 unspecified atom stereocenters. The monoisotopic (exact) mass is 328 g/mol. The van der Waals surface area contributed by atoms with Crippen molar-refractivity contribution in [2.75, 3.05) is 13.7 Å². The Morgan fingerprint density at radius 2 is 2.00 bits per heavy atom.